The number of rotatable bonds is 7. The van der Waals surface area contributed by atoms with Crippen molar-refractivity contribution in [2.24, 2.45) is 0 Å². The minimum absolute atomic E-state index is 0.0373. The predicted octanol–water partition coefficient (Wildman–Crippen LogP) is 2.86. The summed E-state index contributed by atoms with van der Waals surface area (Å²) in [7, 11) is 0. The lowest BCUT2D eigenvalue weighted by Crippen LogP contribution is -2.42. The number of phenolic OH excluding ortho intramolecular Hbond substituents is 1. The van der Waals surface area contributed by atoms with Crippen LogP contribution in [-0.4, -0.2) is 28.1 Å². The molecule has 7 nitrogen and oxygen atoms in total. The molecule has 7 heteroatoms. The van der Waals surface area contributed by atoms with Gasteiger partial charge in [-0.05, 0) is 43.5 Å². The normalized spacial score (nSPS) is 11.9. The Bertz CT molecular complexity index is 1150. The summed E-state index contributed by atoms with van der Waals surface area (Å²) in [5, 5.41) is 22.5. The van der Waals surface area contributed by atoms with Crippen LogP contribution >= 0.6 is 0 Å². The largest absolute Gasteiger partial charge is 0.508 e. The number of aryl methyl sites for hydroxylation is 2. The van der Waals surface area contributed by atoms with Gasteiger partial charge < -0.3 is 19.9 Å². The number of nitrogens with one attached hydrogen (secondary N) is 1. The third-order valence-corrected chi connectivity index (χ3v) is 5.19. The number of fused-ring (bicyclic) bond motifs is 1. The van der Waals surface area contributed by atoms with Crippen LogP contribution in [0.25, 0.3) is 11.0 Å². The molecule has 3 rings (SSSR count). The second-order valence-electron chi connectivity index (χ2n) is 7.23. The lowest BCUT2D eigenvalue weighted by Gasteiger charge is -2.15. The number of hydrogen-bond acceptors (Lipinski definition) is 5. The van der Waals surface area contributed by atoms with E-state index in [-0.39, 0.29) is 25.0 Å². The molecule has 0 aliphatic heterocycles. The molecule has 0 spiro atoms. The monoisotopic (exact) mass is 409 g/mol. The van der Waals surface area contributed by atoms with Crippen molar-refractivity contribution >= 4 is 22.8 Å². The van der Waals surface area contributed by atoms with Gasteiger partial charge in [-0.3, -0.25) is 4.79 Å². The molecule has 0 aliphatic carbocycles. The van der Waals surface area contributed by atoms with Gasteiger partial charge in [-0.1, -0.05) is 30.3 Å². The molecular weight excluding hydrogens is 386 g/mol. The molecule has 0 fully saturated rings. The first kappa shape index (κ1) is 21.1. The zero-order valence-corrected chi connectivity index (χ0v) is 16.8. The van der Waals surface area contributed by atoms with Gasteiger partial charge in [0.25, 0.3) is 0 Å². The van der Waals surface area contributed by atoms with Crippen LogP contribution in [0, 0.1) is 13.8 Å². The molecule has 1 aromatic heterocycles. The summed E-state index contributed by atoms with van der Waals surface area (Å²) in [5.41, 5.74) is 2.06. The highest BCUT2D eigenvalue weighted by Gasteiger charge is 2.21. The van der Waals surface area contributed by atoms with Crippen molar-refractivity contribution in [3.05, 3.63) is 75.1 Å². The second kappa shape index (κ2) is 8.82. The lowest BCUT2D eigenvalue weighted by atomic mass is 10.00. The number of phenols is 1. The molecule has 2 aromatic carbocycles. The van der Waals surface area contributed by atoms with Crippen molar-refractivity contribution in [1.82, 2.24) is 5.32 Å². The fraction of sp³-hybridized carbons (Fsp3) is 0.261. The number of carboxylic acid groups (broad SMARTS) is 1. The molecule has 1 heterocycles. The number of carbonyl (C=O) groups excluding carboxylic acids is 1. The van der Waals surface area contributed by atoms with E-state index in [1.807, 2.05) is 6.07 Å². The quantitative estimate of drug-likeness (QED) is 0.517. The van der Waals surface area contributed by atoms with Gasteiger partial charge in [0.1, 0.15) is 17.4 Å². The van der Waals surface area contributed by atoms with Gasteiger partial charge in [-0.2, -0.15) is 0 Å². The average molecular weight is 409 g/mol. The van der Waals surface area contributed by atoms with Crippen molar-refractivity contribution in [2.45, 2.75) is 39.2 Å². The molecule has 3 aromatic rings. The minimum atomic E-state index is -1.12. The Hall–Kier alpha value is -3.61. The van der Waals surface area contributed by atoms with Crippen LogP contribution in [0.15, 0.2) is 51.7 Å². The smallest absolute Gasteiger partial charge is 0.339 e. The number of aromatic hydroxyl groups is 1. The maximum Gasteiger partial charge on any atom is 0.339 e. The van der Waals surface area contributed by atoms with E-state index in [0.29, 0.717) is 27.7 Å². The maximum atomic E-state index is 12.4. The topological polar surface area (TPSA) is 117 Å². The van der Waals surface area contributed by atoms with Gasteiger partial charge in [-0.25, -0.2) is 9.59 Å². The second-order valence-corrected chi connectivity index (χ2v) is 7.23. The molecule has 0 saturated carbocycles. The highest BCUT2D eigenvalue weighted by atomic mass is 16.4. The maximum absolute atomic E-state index is 12.4. The van der Waals surface area contributed by atoms with Crippen molar-refractivity contribution in [3.8, 4) is 5.75 Å². The molecule has 0 aliphatic rings. The Balaban J connectivity index is 1.73. The molecule has 156 valence electrons. The Labute approximate surface area is 173 Å². The molecule has 1 amide bonds. The number of aliphatic carboxylic acids is 1. The van der Waals surface area contributed by atoms with Gasteiger partial charge in [0, 0.05) is 29.4 Å². The predicted molar refractivity (Wildman–Crippen MR) is 112 cm³/mol. The Kier molecular flexibility index (Phi) is 6.20. The van der Waals surface area contributed by atoms with Gasteiger partial charge >= 0.3 is 11.6 Å². The number of carboxylic acids is 1. The van der Waals surface area contributed by atoms with Crippen molar-refractivity contribution in [2.75, 3.05) is 0 Å². The molecular formula is C23H23NO6. The number of hydrogen-bond donors (Lipinski definition) is 3. The fourth-order valence-electron chi connectivity index (χ4n) is 3.42. The number of amides is 1. The zero-order valence-electron chi connectivity index (χ0n) is 16.8. The van der Waals surface area contributed by atoms with Crippen molar-refractivity contribution in [1.29, 1.82) is 0 Å². The summed E-state index contributed by atoms with van der Waals surface area (Å²) < 4.78 is 5.37. The first-order valence-electron chi connectivity index (χ1n) is 9.59. The van der Waals surface area contributed by atoms with Crippen molar-refractivity contribution in [3.63, 3.8) is 0 Å². The van der Waals surface area contributed by atoms with Gasteiger partial charge in [0.2, 0.25) is 5.91 Å². The highest BCUT2D eigenvalue weighted by Crippen LogP contribution is 2.28. The summed E-state index contributed by atoms with van der Waals surface area (Å²) in [4.78, 5) is 36.3. The van der Waals surface area contributed by atoms with E-state index >= 15 is 0 Å². The van der Waals surface area contributed by atoms with E-state index < -0.39 is 23.5 Å². The van der Waals surface area contributed by atoms with Crippen LogP contribution in [0.5, 0.6) is 5.75 Å². The molecule has 0 saturated heterocycles. The standard InChI is InChI=1S/C23H23NO6/c1-13-16-8-10-19(25)14(2)21(16)30-23(29)17(13)9-11-20(26)24-18(22(27)28)12-15-6-4-3-5-7-15/h3-8,10,18,25H,9,11-12H2,1-2H3,(H,24,26)(H,27,28)/t18-/m1/s1. The Morgan fingerprint density at radius 2 is 1.77 bits per heavy atom. The summed E-state index contributed by atoms with van der Waals surface area (Å²) in [6, 6.07) is 11.2. The third kappa shape index (κ3) is 4.51. The molecule has 3 N–H and O–H groups in total. The molecule has 0 radical (unpaired) electrons. The molecule has 0 unspecified atom stereocenters. The summed E-state index contributed by atoms with van der Waals surface area (Å²) in [5.74, 6) is -1.54. The summed E-state index contributed by atoms with van der Waals surface area (Å²) in [6.45, 7) is 3.42. The van der Waals surface area contributed by atoms with Gasteiger partial charge in [0.15, 0.2) is 0 Å². The first-order valence-corrected chi connectivity index (χ1v) is 9.59. The number of carbonyl (C=O) groups is 2. The van der Waals surface area contributed by atoms with E-state index in [1.54, 1.807) is 44.2 Å². The first-order chi connectivity index (χ1) is 14.3. The zero-order chi connectivity index (χ0) is 21.8. The van der Waals surface area contributed by atoms with Crippen LogP contribution in [0.2, 0.25) is 0 Å². The van der Waals surface area contributed by atoms with E-state index in [1.165, 1.54) is 6.07 Å². The van der Waals surface area contributed by atoms with Crippen LogP contribution < -0.4 is 10.9 Å². The lowest BCUT2D eigenvalue weighted by molar-refractivity contribution is -0.141. The van der Waals surface area contributed by atoms with E-state index in [0.717, 1.165) is 5.56 Å². The van der Waals surface area contributed by atoms with Crippen LogP contribution in [0.1, 0.15) is 28.7 Å². The summed E-state index contributed by atoms with van der Waals surface area (Å²) in [6.07, 6.45) is 0.238. The van der Waals surface area contributed by atoms with Gasteiger partial charge in [-0.15, -0.1) is 0 Å². The van der Waals surface area contributed by atoms with Crippen LogP contribution in [0.4, 0.5) is 0 Å². The number of benzene rings is 2. The summed E-state index contributed by atoms with van der Waals surface area (Å²) >= 11 is 0. The van der Waals surface area contributed by atoms with E-state index in [4.69, 9.17) is 4.42 Å². The van der Waals surface area contributed by atoms with Crippen LogP contribution in [-0.2, 0) is 22.4 Å². The SMILES string of the molecule is Cc1c(CCC(=O)N[C@H](Cc2ccccc2)C(=O)O)c(=O)oc2c(C)c(O)ccc12. The van der Waals surface area contributed by atoms with Gasteiger partial charge in [0.05, 0.1) is 0 Å². The minimum Gasteiger partial charge on any atom is -0.508 e. The average Bonchev–Trinajstić information content (AvgIpc) is 2.71. The third-order valence-electron chi connectivity index (χ3n) is 5.19. The molecule has 30 heavy (non-hydrogen) atoms. The van der Waals surface area contributed by atoms with Crippen LogP contribution in [0.3, 0.4) is 0 Å². The highest BCUT2D eigenvalue weighted by molar-refractivity contribution is 5.86. The molecule has 0 bridgehead atoms. The van der Waals surface area contributed by atoms with E-state index in [2.05, 4.69) is 5.32 Å². The van der Waals surface area contributed by atoms with E-state index in [9.17, 15) is 24.6 Å². The fourth-order valence-corrected chi connectivity index (χ4v) is 3.42. The van der Waals surface area contributed by atoms with Crippen molar-refractivity contribution < 1.29 is 24.2 Å². The molecule has 1 atom stereocenters. The Morgan fingerprint density at radius 1 is 1.07 bits per heavy atom. The Morgan fingerprint density at radius 3 is 2.43 bits per heavy atom.